The van der Waals surface area contributed by atoms with Crippen LogP contribution in [0, 0.1) is 12.3 Å². The number of aliphatic hydroxyl groups is 1. The summed E-state index contributed by atoms with van der Waals surface area (Å²) in [5.41, 5.74) is 0.210. The van der Waals surface area contributed by atoms with E-state index < -0.39 is 5.60 Å². The van der Waals surface area contributed by atoms with Crippen LogP contribution < -0.4 is 5.32 Å². The summed E-state index contributed by atoms with van der Waals surface area (Å²) in [5, 5.41) is 13.6. The first-order chi connectivity index (χ1) is 11.7. The zero-order valence-corrected chi connectivity index (χ0v) is 16.2. The van der Waals surface area contributed by atoms with E-state index in [4.69, 9.17) is 4.42 Å². The van der Waals surface area contributed by atoms with Crippen molar-refractivity contribution in [2.45, 2.75) is 64.2 Å². The summed E-state index contributed by atoms with van der Waals surface area (Å²) in [7, 11) is 0. The van der Waals surface area contributed by atoms with Gasteiger partial charge in [0.2, 0.25) is 0 Å². The first-order valence-corrected chi connectivity index (χ1v) is 9.99. The van der Waals surface area contributed by atoms with Crippen molar-refractivity contribution in [3.63, 3.8) is 0 Å². The second kappa shape index (κ2) is 6.47. The lowest BCUT2D eigenvalue weighted by atomic mass is 9.76. The number of nitrogens with one attached hydrogen (secondary N) is 1. The average molecular weight is 365 g/mol. The molecule has 1 saturated carbocycles. The van der Waals surface area contributed by atoms with Gasteiger partial charge >= 0.3 is 0 Å². The second-order valence-electron chi connectivity index (χ2n) is 8.06. The molecule has 2 atom stereocenters. The maximum atomic E-state index is 12.6. The number of hydrogen-bond acceptors (Lipinski definition) is 5. The van der Waals surface area contributed by atoms with E-state index in [0.29, 0.717) is 36.1 Å². The zero-order valence-electron chi connectivity index (χ0n) is 15.4. The van der Waals surface area contributed by atoms with Gasteiger partial charge in [-0.3, -0.25) is 9.59 Å². The van der Waals surface area contributed by atoms with Gasteiger partial charge in [0.05, 0.1) is 11.2 Å². The lowest BCUT2D eigenvalue weighted by Gasteiger charge is -2.44. The molecular formula is C19H27NO4S. The Morgan fingerprint density at radius 1 is 1.40 bits per heavy atom. The maximum absolute atomic E-state index is 12.6. The third-order valence-corrected chi connectivity index (χ3v) is 6.75. The van der Waals surface area contributed by atoms with Gasteiger partial charge in [0.1, 0.15) is 5.76 Å². The second-order valence-corrected chi connectivity index (χ2v) is 9.54. The quantitative estimate of drug-likeness (QED) is 0.838. The van der Waals surface area contributed by atoms with Crippen LogP contribution in [0.2, 0.25) is 0 Å². The summed E-state index contributed by atoms with van der Waals surface area (Å²) in [4.78, 5) is 25.0. The van der Waals surface area contributed by atoms with Crippen LogP contribution in [0.15, 0.2) is 4.42 Å². The molecule has 1 amide bonds. The van der Waals surface area contributed by atoms with Crippen LogP contribution in [0.5, 0.6) is 0 Å². The van der Waals surface area contributed by atoms with E-state index in [0.717, 1.165) is 12.2 Å². The number of Topliss-reactive ketones (excluding diaryl/α,β-unsaturated/α-hetero) is 1. The minimum Gasteiger partial charge on any atom is -0.455 e. The Bertz CT molecular complexity index is 709. The Morgan fingerprint density at radius 2 is 2.12 bits per heavy atom. The van der Waals surface area contributed by atoms with Crippen molar-refractivity contribution in [1.82, 2.24) is 5.32 Å². The van der Waals surface area contributed by atoms with Gasteiger partial charge < -0.3 is 14.8 Å². The van der Waals surface area contributed by atoms with E-state index in [9.17, 15) is 14.7 Å². The number of ketones is 1. The third-order valence-electron chi connectivity index (χ3n) is 5.34. The average Bonchev–Trinajstić information content (AvgIpc) is 2.84. The van der Waals surface area contributed by atoms with Crippen molar-refractivity contribution >= 4 is 23.5 Å². The summed E-state index contributed by atoms with van der Waals surface area (Å²) in [6, 6.07) is 0. The van der Waals surface area contributed by atoms with Gasteiger partial charge in [0.15, 0.2) is 11.5 Å². The van der Waals surface area contributed by atoms with Crippen molar-refractivity contribution in [1.29, 1.82) is 0 Å². The smallest absolute Gasteiger partial charge is 0.287 e. The van der Waals surface area contributed by atoms with Gasteiger partial charge in [-0.25, -0.2) is 0 Å². The highest BCUT2D eigenvalue weighted by Gasteiger charge is 2.45. The van der Waals surface area contributed by atoms with Gasteiger partial charge in [-0.05, 0) is 30.9 Å². The van der Waals surface area contributed by atoms with Crippen LogP contribution in [0.4, 0.5) is 0 Å². The summed E-state index contributed by atoms with van der Waals surface area (Å²) in [5.74, 6) is 1.47. The molecule has 5 nitrogen and oxygen atoms in total. The fourth-order valence-electron chi connectivity index (χ4n) is 3.85. The van der Waals surface area contributed by atoms with Crippen LogP contribution in [0.1, 0.15) is 72.3 Å². The summed E-state index contributed by atoms with van der Waals surface area (Å²) in [6.45, 7) is 8.11. The summed E-state index contributed by atoms with van der Waals surface area (Å²) < 4.78 is 5.78. The fraction of sp³-hybridized carbons (Fsp3) is 0.684. The molecule has 0 bridgehead atoms. The number of carbonyl (C=O) groups is 2. The highest BCUT2D eigenvalue weighted by atomic mass is 32.2. The van der Waals surface area contributed by atoms with E-state index in [1.54, 1.807) is 18.7 Å². The van der Waals surface area contributed by atoms with Crippen molar-refractivity contribution in [3.05, 3.63) is 22.6 Å². The Balaban J connectivity index is 1.73. The van der Waals surface area contributed by atoms with Gasteiger partial charge in [0, 0.05) is 30.2 Å². The lowest BCUT2D eigenvalue weighted by Crippen LogP contribution is -2.57. The van der Waals surface area contributed by atoms with Crippen LogP contribution in [0.3, 0.4) is 0 Å². The monoisotopic (exact) mass is 365 g/mol. The molecule has 3 rings (SSSR count). The van der Waals surface area contributed by atoms with E-state index in [-0.39, 0.29) is 34.7 Å². The van der Waals surface area contributed by atoms with Crippen LogP contribution in [0.25, 0.3) is 0 Å². The Kier molecular flexibility index (Phi) is 4.79. The highest BCUT2D eigenvalue weighted by molar-refractivity contribution is 8.00. The molecule has 2 aliphatic rings. The number of fused-ring (bicyclic) bond motifs is 1. The van der Waals surface area contributed by atoms with Crippen LogP contribution in [-0.4, -0.2) is 39.9 Å². The van der Waals surface area contributed by atoms with E-state index in [2.05, 4.69) is 12.2 Å². The number of thioether (sulfide) groups is 1. The molecule has 1 aromatic heterocycles. The largest absolute Gasteiger partial charge is 0.455 e. The standard InChI is InChI=1S/C19H27NO4S/c1-5-25-14-6-7-19(14,23)10-20-17(22)16-11(2)15-12(21)8-18(3,4)9-13(15)24-16/h14,23H,5-10H2,1-4H3,(H,20,22). The van der Waals surface area contributed by atoms with Crippen molar-refractivity contribution < 1.29 is 19.1 Å². The number of furan rings is 1. The van der Waals surface area contributed by atoms with Crippen molar-refractivity contribution in [2.75, 3.05) is 12.3 Å². The molecule has 2 aliphatic carbocycles. The normalized spacial score (nSPS) is 27.6. The predicted molar refractivity (Wildman–Crippen MR) is 98.3 cm³/mol. The molecule has 1 aromatic rings. The van der Waals surface area contributed by atoms with E-state index in [1.807, 2.05) is 13.8 Å². The molecule has 1 fully saturated rings. The minimum absolute atomic E-state index is 0.0450. The van der Waals surface area contributed by atoms with Crippen molar-refractivity contribution in [3.8, 4) is 0 Å². The molecule has 138 valence electrons. The van der Waals surface area contributed by atoms with Crippen molar-refractivity contribution in [2.24, 2.45) is 5.41 Å². The molecule has 0 aliphatic heterocycles. The van der Waals surface area contributed by atoms with Crippen LogP contribution >= 0.6 is 11.8 Å². The van der Waals surface area contributed by atoms with Gasteiger partial charge in [0.25, 0.3) is 5.91 Å². The highest BCUT2D eigenvalue weighted by Crippen LogP contribution is 2.41. The lowest BCUT2D eigenvalue weighted by molar-refractivity contribution is -0.0223. The third kappa shape index (κ3) is 3.38. The molecule has 0 spiro atoms. The molecule has 0 saturated heterocycles. The predicted octanol–water partition coefficient (Wildman–Crippen LogP) is 3.12. The molecule has 6 heteroatoms. The Labute approximate surface area is 152 Å². The number of amides is 1. The SMILES string of the molecule is CCSC1CCC1(O)CNC(=O)c1oc2c(c1C)C(=O)CC(C)(C)C2. The Morgan fingerprint density at radius 3 is 2.72 bits per heavy atom. The van der Waals surface area contributed by atoms with Gasteiger partial charge in [-0.2, -0.15) is 11.8 Å². The number of carbonyl (C=O) groups excluding carboxylic acids is 2. The molecule has 25 heavy (non-hydrogen) atoms. The molecule has 2 unspecified atom stereocenters. The molecule has 0 aromatic carbocycles. The maximum Gasteiger partial charge on any atom is 0.287 e. The molecule has 0 radical (unpaired) electrons. The first kappa shape index (κ1) is 18.5. The first-order valence-electron chi connectivity index (χ1n) is 8.94. The Hall–Kier alpha value is -1.27. The van der Waals surface area contributed by atoms with E-state index >= 15 is 0 Å². The summed E-state index contributed by atoms with van der Waals surface area (Å²) >= 11 is 1.73. The number of rotatable bonds is 5. The van der Waals surface area contributed by atoms with Crippen LogP contribution in [-0.2, 0) is 6.42 Å². The zero-order chi connectivity index (χ0) is 18.4. The molecule has 1 heterocycles. The van der Waals surface area contributed by atoms with Gasteiger partial charge in [-0.1, -0.05) is 20.8 Å². The number of hydrogen-bond donors (Lipinski definition) is 2. The minimum atomic E-state index is -0.839. The van der Waals surface area contributed by atoms with E-state index in [1.165, 1.54) is 0 Å². The molecule has 2 N–H and O–H groups in total. The topological polar surface area (TPSA) is 79.5 Å². The fourth-order valence-corrected chi connectivity index (χ4v) is 5.05. The summed E-state index contributed by atoms with van der Waals surface area (Å²) in [6.07, 6.45) is 2.80. The molecular weight excluding hydrogens is 338 g/mol. The van der Waals surface area contributed by atoms with Gasteiger partial charge in [-0.15, -0.1) is 0 Å².